The number of aliphatic hydroxyl groups excluding tert-OH is 1. The summed E-state index contributed by atoms with van der Waals surface area (Å²) in [6.07, 6.45) is 4.56. The van der Waals surface area contributed by atoms with E-state index >= 15 is 0 Å². The second-order valence-corrected chi connectivity index (χ2v) is 4.06. The van der Waals surface area contributed by atoms with Crippen molar-refractivity contribution in [3.05, 3.63) is 12.7 Å². The fourth-order valence-corrected chi connectivity index (χ4v) is 2.15. The van der Waals surface area contributed by atoms with E-state index in [2.05, 4.69) is 6.58 Å². The van der Waals surface area contributed by atoms with Crippen LogP contribution in [0.3, 0.4) is 0 Å². The quantitative estimate of drug-likeness (QED) is 0.747. The molecule has 2 atom stereocenters. The zero-order valence-electron chi connectivity index (χ0n) is 9.89. The Morgan fingerprint density at radius 2 is 2.25 bits per heavy atom. The van der Waals surface area contributed by atoms with E-state index in [0.29, 0.717) is 13.2 Å². The third-order valence-corrected chi connectivity index (χ3v) is 2.92. The summed E-state index contributed by atoms with van der Waals surface area (Å²) in [5.74, 6) is 0. The van der Waals surface area contributed by atoms with Gasteiger partial charge in [-0.25, -0.2) is 4.79 Å². The van der Waals surface area contributed by atoms with Gasteiger partial charge in [0, 0.05) is 6.54 Å². The highest BCUT2D eigenvalue weighted by molar-refractivity contribution is 5.68. The van der Waals surface area contributed by atoms with Crippen molar-refractivity contribution in [2.24, 2.45) is 0 Å². The Balaban J connectivity index is 2.66. The van der Waals surface area contributed by atoms with Crippen molar-refractivity contribution < 1.29 is 14.6 Å². The molecule has 0 saturated heterocycles. The largest absolute Gasteiger partial charge is 0.450 e. The van der Waals surface area contributed by atoms with Crippen molar-refractivity contribution in [2.45, 2.75) is 44.8 Å². The highest BCUT2D eigenvalue weighted by atomic mass is 16.6. The number of ether oxygens (including phenoxy) is 1. The Morgan fingerprint density at radius 3 is 2.81 bits per heavy atom. The van der Waals surface area contributed by atoms with Crippen molar-refractivity contribution >= 4 is 6.09 Å². The van der Waals surface area contributed by atoms with E-state index in [9.17, 15) is 9.90 Å². The standard InChI is InChI=1S/C12H21NO3/c1-3-9-13(12(15)16-4-2)10-7-5-6-8-11(10)14/h3,10-11,14H,1,4-9H2,2H3/t10-,11-/m0/s1. The van der Waals surface area contributed by atoms with Gasteiger partial charge in [-0.2, -0.15) is 0 Å². The minimum absolute atomic E-state index is 0.120. The molecule has 4 nitrogen and oxygen atoms in total. The van der Waals surface area contributed by atoms with Gasteiger partial charge in [0.05, 0.1) is 18.8 Å². The van der Waals surface area contributed by atoms with Gasteiger partial charge in [-0.05, 0) is 19.8 Å². The fraction of sp³-hybridized carbons (Fsp3) is 0.750. The smallest absolute Gasteiger partial charge is 0.410 e. The number of hydrogen-bond donors (Lipinski definition) is 1. The van der Waals surface area contributed by atoms with E-state index < -0.39 is 6.10 Å². The van der Waals surface area contributed by atoms with Gasteiger partial charge in [0.25, 0.3) is 0 Å². The minimum atomic E-state index is -0.432. The third kappa shape index (κ3) is 3.23. The fourth-order valence-electron chi connectivity index (χ4n) is 2.15. The van der Waals surface area contributed by atoms with Crippen LogP contribution in [-0.2, 0) is 4.74 Å². The van der Waals surface area contributed by atoms with Crippen LogP contribution < -0.4 is 0 Å². The van der Waals surface area contributed by atoms with Crippen LogP contribution >= 0.6 is 0 Å². The summed E-state index contributed by atoms with van der Waals surface area (Å²) in [5, 5.41) is 9.90. The molecule has 1 rings (SSSR count). The molecule has 92 valence electrons. The average Bonchev–Trinajstić information content (AvgIpc) is 2.27. The zero-order valence-corrected chi connectivity index (χ0v) is 9.89. The molecule has 16 heavy (non-hydrogen) atoms. The molecule has 0 bridgehead atoms. The van der Waals surface area contributed by atoms with Gasteiger partial charge < -0.3 is 9.84 Å². The van der Waals surface area contributed by atoms with E-state index in [-0.39, 0.29) is 12.1 Å². The molecule has 1 saturated carbocycles. The number of rotatable bonds is 4. The predicted molar refractivity (Wildman–Crippen MR) is 62.2 cm³/mol. The van der Waals surface area contributed by atoms with E-state index in [4.69, 9.17) is 4.74 Å². The summed E-state index contributed by atoms with van der Waals surface area (Å²) in [4.78, 5) is 13.3. The molecular weight excluding hydrogens is 206 g/mol. The van der Waals surface area contributed by atoms with Crippen LogP contribution in [0.5, 0.6) is 0 Å². The van der Waals surface area contributed by atoms with Gasteiger partial charge in [0.15, 0.2) is 0 Å². The molecule has 0 aromatic rings. The molecule has 0 unspecified atom stereocenters. The molecule has 1 amide bonds. The highest BCUT2D eigenvalue weighted by Crippen LogP contribution is 2.23. The topological polar surface area (TPSA) is 49.8 Å². The van der Waals surface area contributed by atoms with Crippen LogP contribution in [0.1, 0.15) is 32.6 Å². The molecule has 1 aliphatic rings. The lowest BCUT2D eigenvalue weighted by atomic mass is 9.91. The Hall–Kier alpha value is -1.03. The van der Waals surface area contributed by atoms with Crippen LogP contribution in [0.2, 0.25) is 0 Å². The molecule has 0 radical (unpaired) electrons. The second-order valence-electron chi connectivity index (χ2n) is 4.06. The number of nitrogens with zero attached hydrogens (tertiary/aromatic N) is 1. The molecule has 1 N–H and O–H groups in total. The van der Waals surface area contributed by atoms with Crippen LogP contribution in [-0.4, -0.2) is 41.4 Å². The molecule has 0 aromatic heterocycles. The number of carbonyl (C=O) groups is 1. The summed E-state index contributed by atoms with van der Waals surface area (Å²) >= 11 is 0. The molecule has 0 spiro atoms. The Morgan fingerprint density at radius 1 is 1.56 bits per heavy atom. The summed E-state index contributed by atoms with van der Waals surface area (Å²) in [7, 11) is 0. The van der Waals surface area contributed by atoms with Crippen molar-refractivity contribution in [1.29, 1.82) is 0 Å². The van der Waals surface area contributed by atoms with Crippen LogP contribution in [0.15, 0.2) is 12.7 Å². The first-order valence-corrected chi connectivity index (χ1v) is 5.93. The second kappa shape index (κ2) is 6.53. The maximum atomic E-state index is 11.7. The Kier molecular flexibility index (Phi) is 5.32. The first-order chi connectivity index (χ1) is 7.70. The van der Waals surface area contributed by atoms with Crippen LogP contribution in [0.25, 0.3) is 0 Å². The van der Waals surface area contributed by atoms with E-state index in [1.165, 1.54) is 0 Å². The van der Waals surface area contributed by atoms with Crippen molar-refractivity contribution in [1.82, 2.24) is 4.90 Å². The molecule has 0 aromatic carbocycles. The third-order valence-electron chi connectivity index (χ3n) is 2.92. The first-order valence-electron chi connectivity index (χ1n) is 5.93. The van der Waals surface area contributed by atoms with Gasteiger partial charge in [0.1, 0.15) is 0 Å². The van der Waals surface area contributed by atoms with Gasteiger partial charge in [-0.15, -0.1) is 6.58 Å². The Bertz CT molecular complexity index is 242. The minimum Gasteiger partial charge on any atom is -0.450 e. The monoisotopic (exact) mass is 227 g/mol. The van der Waals surface area contributed by atoms with Crippen molar-refractivity contribution in [3.8, 4) is 0 Å². The van der Waals surface area contributed by atoms with E-state index in [1.807, 2.05) is 0 Å². The summed E-state index contributed by atoms with van der Waals surface area (Å²) in [6.45, 7) is 6.20. The van der Waals surface area contributed by atoms with E-state index in [1.54, 1.807) is 17.9 Å². The summed E-state index contributed by atoms with van der Waals surface area (Å²) in [6, 6.07) is -0.120. The lowest BCUT2D eigenvalue weighted by molar-refractivity contribution is 0.0186. The maximum absolute atomic E-state index is 11.7. The normalized spacial score (nSPS) is 24.9. The molecule has 0 heterocycles. The van der Waals surface area contributed by atoms with Crippen LogP contribution in [0.4, 0.5) is 4.79 Å². The molecule has 1 fully saturated rings. The molecule has 4 heteroatoms. The maximum Gasteiger partial charge on any atom is 0.410 e. The zero-order chi connectivity index (χ0) is 12.0. The molecular formula is C12H21NO3. The molecule has 1 aliphatic carbocycles. The summed E-state index contributed by atoms with van der Waals surface area (Å²) < 4.78 is 4.99. The number of amides is 1. The van der Waals surface area contributed by atoms with Gasteiger partial charge >= 0.3 is 6.09 Å². The predicted octanol–water partition coefficient (Wildman–Crippen LogP) is 1.93. The lowest BCUT2D eigenvalue weighted by Gasteiger charge is -2.36. The van der Waals surface area contributed by atoms with Gasteiger partial charge in [-0.1, -0.05) is 18.9 Å². The molecule has 0 aliphatic heterocycles. The summed E-state index contributed by atoms with van der Waals surface area (Å²) in [5.41, 5.74) is 0. The highest BCUT2D eigenvalue weighted by Gasteiger charge is 2.31. The van der Waals surface area contributed by atoms with Gasteiger partial charge in [0.2, 0.25) is 0 Å². The number of carbonyl (C=O) groups excluding carboxylic acids is 1. The van der Waals surface area contributed by atoms with E-state index in [0.717, 1.165) is 25.7 Å². The lowest BCUT2D eigenvalue weighted by Crippen LogP contribution is -2.48. The van der Waals surface area contributed by atoms with Crippen molar-refractivity contribution in [3.63, 3.8) is 0 Å². The number of aliphatic hydroxyl groups is 1. The Labute approximate surface area is 96.9 Å². The van der Waals surface area contributed by atoms with Crippen LogP contribution in [0, 0.1) is 0 Å². The number of hydrogen-bond acceptors (Lipinski definition) is 3. The van der Waals surface area contributed by atoms with Gasteiger partial charge in [-0.3, -0.25) is 4.90 Å². The average molecular weight is 227 g/mol. The van der Waals surface area contributed by atoms with Crippen molar-refractivity contribution in [2.75, 3.05) is 13.2 Å². The SMILES string of the molecule is C=CCN(C(=O)OCC)[C@H]1CCCC[C@@H]1O. The first kappa shape index (κ1) is 13.0.